The van der Waals surface area contributed by atoms with Gasteiger partial charge in [-0.1, -0.05) is 54.6 Å². The molecule has 0 aromatic heterocycles. The molecule has 186 valence electrons. The van der Waals surface area contributed by atoms with Gasteiger partial charge in [0.25, 0.3) is 0 Å². The molecule has 2 amide bonds. The molecule has 1 saturated heterocycles. The minimum atomic E-state index is -3.90. The lowest BCUT2D eigenvalue weighted by molar-refractivity contribution is -0.141. The van der Waals surface area contributed by atoms with Gasteiger partial charge in [0.05, 0.1) is 12.4 Å². The lowest BCUT2D eigenvalue weighted by atomic mass is 10.1. The van der Waals surface area contributed by atoms with Crippen LogP contribution in [-0.4, -0.2) is 61.3 Å². The fourth-order valence-corrected chi connectivity index (χ4v) is 5.87. The normalized spacial score (nSPS) is 21.7. The number of aliphatic hydroxyl groups excluding tert-OH is 1. The molecule has 1 aliphatic heterocycles. The van der Waals surface area contributed by atoms with Crippen molar-refractivity contribution in [2.75, 3.05) is 13.2 Å². The fraction of sp³-hybridized carbons (Fsp3) is 0.375. The second kappa shape index (κ2) is 10.1. The number of fused-ring (bicyclic) bond motifs is 1. The van der Waals surface area contributed by atoms with Crippen molar-refractivity contribution >= 4 is 27.7 Å². The van der Waals surface area contributed by atoms with Crippen LogP contribution in [0.5, 0.6) is 0 Å². The molecule has 4 atom stereocenters. The maximum Gasteiger partial charge on any atom is 0.243 e. The third-order valence-electron chi connectivity index (χ3n) is 6.44. The summed E-state index contributed by atoms with van der Waals surface area (Å²) in [6.45, 7) is -0.124. The molecule has 1 saturated carbocycles. The maximum atomic E-state index is 13.2. The number of piperidine rings is 1. The molecule has 1 aliphatic carbocycles. The van der Waals surface area contributed by atoms with Gasteiger partial charge < -0.3 is 21.1 Å². The van der Waals surface area contributed by atoms with Crippen LogP contribution in [0.4, 0.5) is 0 Å². The van der Waals surface area contributed by atoms with Gasteiger partial charge in [-0.25, -0.2) is 13.1 Å². The van der Waals surface area contributed by atoms with Crippen LogP contribution in [0.1, 0.15) is 23.1 Å². The van der Waals surface area contributed by atoms with E-state index >= 15 is 0 Å². The van der Waals surface area contributed by atoms with Crippen molar-refractivity contribution in [1.29, 1.82) is 5.41 Å². The zero-order valence-corrected chi connectivity index (χ0v) is 19.9. The summed E-state index contributed by atoms with van der Waals surface area (Å²) in [7, 11) is -3.90. The lowest BCUT2D eigenvalue weighted by Gasteiger charge is -2.30. The van der Waals surface area contributed by atoms with Gasteiger partial charge in [-0.3, -0.25) is 15.0 Å². The molecule has 0 radical (unpaired) electrons. The Kier molecular flexibility index (Phi) is 7.20. The maximum absolute atomic E-state index is 13.2. The van der Waals surface area contributed by atoms with Crippen LogP contribution in [0.2, 0.25) is 0 Å². The van der Waals surface area contributed by atoms with Gasteiger partial charge in [0, 0.05) is 18.7 Å². The minimum absolute atomic E-state index is 0.0271. The Bertz CT molecular complexity index is 1200. The number of sulfonamides is 1. The minimum Gasteiger partial charge on any atom is -0.394 e. The van der Waals surface area contributed by atoms with Crippen LogP contribution in [0, 0.1) is 17.2 Å². The second-order valence-electron chi connectivity index (χ2n) is 9.02. The highest BCUT2D eigenvalue weighted by molar-refractivity contribution is 7.88. The van der Waals surface area contributed by atoms with E-state index in [1.165, 1.54) is 4.90 Å². The summed E-state index contributed by atoms with van der Waals surface area (Å²) in [5, 5.41) is 20.1. The van der Waals surface area contributed by atoms with E-state index in [1.807, 2.05) is 0 Å². The standard InChI is InChI=1S/C24H29N5O5S/c25-22(26)17-8-6-15(7-9-17)11-27-23(31)21-19-10-18(19)12-29(21)24(32)20(13-30)28-35(33,34)14-16-4-2-1-3-5-16/h1-9,18-21,28,30H,10-14H2,(H3,25,26)(H,27,31)/t18?,19?,20-,21?/m1/s1. The monoisotopic (exact) mass is 499 g/mol. The number of amides is 2. The number of amidine groups is 1. The van der Waals surface area contributed by atoms with Gasteiger partial charge in [0.15, 0.2) is 0 Å². The molecule has 11 heteroatoms. The van der Waals surface area contributed by atoms with Gasteiger partial charge in [-0.2, -0.15) is 0 Å². The Labute approximate surface area is 204 Å². The summed E-state index contributed by atoms with van der Waals surface area (Å²) < 4.78 is 27.5. The van der Waals surface area contributed by atoms with E-state index in [9.17, 15) is 23.1 Å². The van der Waals surface area contributed by atoms with Gasteiger partial charge >= 0.3 is 0 Å². The highest BCUT2D eigenvalue weighted by Gasteiger charge is 2.57. The number of benzene rings is 2. The van der Waals surface area contributed by atoms with Crippen LogP contribution in [0.25, 0.3) is 0 Å². The Morgan fingerprint density at radius 3 is 2.43 bits per heavy atom. The van der Waals surface area contributed by atoms with Crippen LogP contribution in [0.3, 0.4) is 0 Å². The molecule has 6 N–H and O–H groups in total. The van der Waals surface area contributed by atoms with Crippen molar-refractivity contribution in [3.05, 3.63) is 71.3 Å². The van der Waals surface area contributed by atoms with E-state index in [0.29, 0.717) is 17.7 Å². The number of nitrogens with one attached hydrogen (secondary N) is 3. The smallest absolute Gasteiger partial charge is 0.243 e. The number of rotatable bonds is 10. The molecule has 2 aromatic rings. The zero-order valence-electron chi connectivity index (χ0n) is 19.1. The van der Waals surface area contributed by atoms with Crippen LogP contribution >= 0.6 is 0 Å². The van der Waals surface area contributed by atoms with E-state index in [0.717, 1.165) is 12.0 Å². The molecule has 10 nitrogen and oxygen atoms in total. The second-order valence-corrected chi connectivity index (χ2v) is 10.8. The number of nitrogens with zero attached hydrogens (tertiary/aromatic N) is 1. The number of aliphatic hydroxyl groups is 1. The van der Waals surface area contributed by atoms with Crippen molar-refractivity contribution in [3.63, 3.8) is 0 Å². The molecular weight excluding hydrogens is 470 g/mol. The molecule has 0 bridgehead atoms. The lowest BCUT2D eigenvalue weighted by Crippen LogP contribution is -2.56. The summed E-state index contributed by atoms with van der Waals surface area (Å²) in [5.41, 5.74) is 7.41. The third kappa shape index (κ3) is 5.87. The van der Waals surface area contributed by atoms with Gasteiger partial charge in [-0.05, 0) is 29.4 Å². The number of carbonyl (C=O) groups is 2. The third-order valence-corrected chi connectivity index (χ3v) is 7.79. The number of hydrogen-bond acceptors (Lipinski definition) is 6. The largest absolute Gasteiger partial charge is 0.394 e. The molecule has 2 fully saturated rings. The Balaban J connectivity index is 1.39. The van der Waals surface area contributed by atoms with E-state index in [1.54, 1.807) is 54.6 Å². The first-order valence-electron chi connectivity index (χ1n) is 11.3. The average molecular weight is 500 g/mol. The molecular formula is C24H29N5O5S. The van der Waals surface area contributed by atoms with E-state index < -0.39 is 34.6 Å². The topological polar surface area (TPSA) is 166 Å². The number of nitrogen functional groups attached to an aromatic ring is 1. The van der Waals surface area contributed by atoms with E-state index in [4.69, 9.17) is 11.1 Å². The Morgan fingerprint density at radius 1 is 1.11 bits per heavy atom. The van der Waals surface area contributed by atoms with Gasteiger partial charge in [0.2, 0.25) is 21.8 Å². The predicted octanol–water partition coefficient (Wildman–Crippen LogP) is -0.0857. The quantitative estimate of drug-likeness (QED) is 0.226. The Hall–Kier alpha value is -3.28. The highest BCUT2D eigenvalue weighted by Crippen LogP contribution is 2.49. The van der Waals surface area contributed by atoms with Crippen molar-refractivity contribution in [3.8, 4) is 0 Å². The highest BCUT2D eigenvalue weighted by atomic mass is 32.2. The predicted molar refractivity (Wildman–Crippen MR) is 129 cm³/mol. The van der Waals surface area contributed by atoms with Crippen molar-refractivity contribution in [1.82, 2.24) is 14.9 Å². The molecule has 2 aromatic carbocycles. The number of likely N-dealkylation sites (tertiary alicyclic amines) is 1. The Morgan fingerprint density at radius 2 is 1.80 bits per heavy atom. The van der Waals surface area contributed by atoms with E-state index in [2.05, 4.69) is 10.0 Å². The SMILES string of the molecule is N=C(N)c1ccc(CNC(=O)C2C3CC3CN2C(=O)[C@@H](CO)NS(=O)(=O)Cc2ccccc2)cc1. The first-order valence-corrected chi connectivity index (χ1v) is 13.0. The van der Waals surface area contributed by atoms with Crippen molar-refractivity contribution in [2.24, 2.45) is 17.6 Å². The first kappa shape index (κ1) is 24.8. The fourth-order valence-electron chi connectivity index (χ4n) is 4.54. The molecule has 2 aliphatic rings. The number of nitrogens with two attached hydrogens (primary N) is 1. The van der Waals surface area contributed by atoms with Crippen LogP contribution in [-0.2, 0) is 31.9 Å². The average Bonchev–Trinajstić information content (AvgIpc) is 3.50. The first-order chi connectivity index (χ1) is 16.7. The summed E-state index contributed by atoms with van der Waals surface area (Å²) in [6.07, 6.45) is 0.832. The zero-order chi connectivity index (χ0) is 25.2. The van der Waals surface area contributed by atoms with Crippen molar-refractivity contribution < 1.29 is 23.1 Å². The van der Waals surface area contributed by atoms with Crippen LogP contribution in [0.15, 0.2) is 54.6 Å². The van der Waals surface area contributed by atoms with Gasteiger partial charge in [-0.15, -0.1) is 0 Å². The van der Waals surface area contributed by atoms with E-state index in [-0.39, 0.29) is 35.9 Å². The number of hydrogen-bond donors (Lipinski definition) is 5. The number of carbonyl (C=O) groups excluding carboxylic acids is 2. The molecule has 3 unspecified atom stereocenters. The molecule has 35 heavy (non-hydrogen) atoms. The summed E-state index contributed by atoms with van der Waals surface area (Å²) in [5.74, 6) is -1.07. The summed E-state index contributed by atoms with van der Waals surface area (Å²) in [6, 6.07) is 13.4. The molecule has 4 rings (SSSR count). The summed E-state index contributed by atoms with van der Waals surface area (Å²) >= 11 is 0. The molecule has 1 heterocycles. The van der Waals surface area contributed by atoms with Crippen molar-refractivity contribution in [2.45, 2.75) is 30.8 Å². The van der Waals surface area contributed by atoms with Gasteiger partial charge in [0.1, 0.15) is 17.9 Å². The molecule has 0 spiro atoms. The summed E-state index contributed by atoms with van der Waals surface area (Å²) in [4.78, 5) is 27.6. The van der Waals surface area contributed by atoms with Crippen LogP contribution < -0.4 is 15.8 Å².